The van der Waals surface area contributed by atoms with Gasteiger partial charge in [0.2, 0.25) is 5.88 Å². The maximum atomic E-state index is 11.1. The molecule has 3 rings (SSSR count). The van der Waals surface area contributed by atoms with Crippen LogP contribution in [0.5, 0.6) is 5.88 Å². The van der Waals surface area contributed by atoms with E-state index in [0.29, 0.717) is 23.3 Å². The van der Waals surface area contributed by atoms with E-state index in [2.05, 4.69) is 10.1 Å². The number of aromatic nitrogens is 3. The zero-order valence-electron chi connectivity index (χ0n) is 12.8. The molecule has 0 unspecified atom stereocenters. The van der Waals surface area contributed by atoms with Crippen molar-refractivity contribution >= 4 is 17.6 Å². The number of nitrogens with zero attached hydrogens (tertiary/aromatic N) is 3. The molecule has 0 fully saturated rings. The van der Waals surface area contributed by atoms with Crippen molar-refractivity contribution in [3.8, 4) is 11.7 Å². The minimum Gasteiger partial charge on any atom is -0.478 e. The van der Waals surface area contributed by atoms with Gasteiger partial charge in [-0.25, -0.2) is 9.78 Å². The lowest BCUT2D eigenvalue weighted by molar-refractivity contribution is 0.0696. The fraction of sp³-hybridized carbons (Fsp3) is 0.118. The number of pyridine rings is 1. The number of benzene rings is 1. The summed E-state index contributed by atoms with van der Waals surface area (Å²) in [7, 11) is 0. The van der Waals surface area contributed by atoms with E-state index in [1.807, 2.05) is 25.1 Å². The summed E-state index contributed by atoms with van der Waals surface area (Å²) in [5, 5.41) is 13.9. The molecule has 7 heteroatoms. The quantitative estimate of drug-likeness (QED) is 0.767. The molecule has 6 nitrogen and oxygen atoms in total. The van der Waals surface area contributed by atoms with Crippen LogP contribution in [0.1, 0.15) is 21.5 Å². The van der Waals surface area contributed by atoms with Gasteiger partial charge in [0.1, 0.15) is 6.61 Å². The van der Waals surface area contributed by atoms with Gasteiger partial charge in [-0.1, -0.05) is 23.7 Å². The molecule has 1 aromatic carbocycles. The second-order valence-electron chi connectivity index (χ2n) is 5.16. The average Bonchev–Trinajstić information content (AvgIpc) is 3.04. The lowest BCUT2D eigenvalue weighted by atomic mass is 10.1. The van der Waals surface area contributed by atoms with Gasteiger partial charge in [0.25, 0.3) is 0 Å². The van der Waals surface area contributed by atoms with E-state index < -0.39 is 5.97 Å². The number of carboxylic acids is 1. The predicted molar refractivity (Wildman–Crippen MR) is 88.8 cm³/mol. The van der Waals surface area contributed by atoms with Crippen LogP contribution in [0.4, 0.5) is 0 Å². The van der Waals surface area contributed by atoms with Crippen molar-refractivity contribution in [2.24, 2.45) is 0 Å². The van der Waals surface area contributed by atoms with Crippen LogP contribution >= 0.6 is 11.6 Å². The van der Waals surface area contributed by atoms with Gasteiger partial charge in [-0.3, -0.25) is 0 Å². The highest BCUT2D eigenvalue weighted by Gasteiger charge is 2.11. The monoisotopic (exact) mass is 343 g/mol. The molecule has 0 saturated heterocycles. The van der Waals surface area contributed by atoms with E-state index in [1.54, 1.807) is 12.3 Å². The maximum absolute atomic E-state index is 11.1. The number of carbonyl (C=O) groups is 1. The first-order valence-electron chi connectivity index (χ1n) is 7.16. The number of hydrogen-bond donors (Lipinski definition) is 1. The number of ether oxygens (including phenoxy) is 1. The van der Waals surface area contributed by atoms with E-state index in [1.165, 1.54) is 23.0 Å². The molecule has 2 aromatic heterocycles. The summed E-state index contributed by atoms with van der Waals surface area (Å²) in [5.41, 5.74) is 2.08. The van der Waals surface area contributed by atoms with Crippen LogP contribution in [0, 0.1) is 6.92 Å². The molecular formula is C17H14ClN3O3. The highest BCUT2D eigenvalue weighted by Crippen LogP contribution is 2.20. The number of halogens is 1. The van der Waals surface area contributed by atoms with Crippen LogP contribution in [0.2, 0.25) is 5.02 Å². The van der Waals surface area contributed by atoms with Gasteiger partial charge >= 0.3 is 5.97 Å². The molecule has 0 saturated carbocycles. The first-order valence-corrected chi connectivity index (χ1v) is 7.54. The summed E-state index contributed by atoms with van der Waals surface area (Å²) >= 11 is 6.01. The van der Waals surface area contributed by atoms with Crippen LogP contribution in [0.3, 0.4) is 0 Å². The summed E-state index contributed by atoms with van der Waals surface area (Å²) < 4.78 is 7.24. The SMILES string of the molecule is Cc1cc(COc2ccnn2-c2cc(C(=O)O)ccn2)ccc1Cl. The highest BCUT2D eigenvalue weighted by molar-refractivity contribution is 6.31. The van der Waals surface area contributed by atoms with E-state index in [0.717, 1.165) is 11.1 Å². The van der Waals surface area contributed by atoms with Gasteiger partial charge in [0.15, 0.2) is 5.82 Å². The minimum atomic E-state index is -1.02. The van der Waals surface area contributed by atoms with E-state index >= 15 is 0 Å². The van der Waals surface area contributed by atoms with Gasteiger partial charge in [-0.15, -0.1) is 0 Å². The molecule has 1 N–H and O–H groups in total. The number of hydrogen-bond acceptors (Lipinski definition) is 4. The molecule has 0 radical (unpaired) electrons. The third-order valence-electron chi connectivity index (χ3n) is 3.43. The van der Waals surface area contributed by atoms with E-state index in [9.17, 15) is 4.79 Å². The standard InChI is InChI=1S/C17H14ClN3O3/c1-11-8-12(2-3-14(11)18)10-24-16-5-7-20-21(16)15-9-13(17(22)23)4-6-19-15/h2-9H,10H2,1H3,(H,22,23). The number of carboxylic acid groups (broad SMARTS) is 1. The predicted octanol–water partition coefficient (Wildman–Crippen LogP) is 3.51. The molecule has 24 heavy (non-hydrogen) atoms. The summed E-state index contributed by atoms with van der Waals surface area (Å²) in [6.07, 6.45) is 2.99. The molecule has 0 amide bonds. The zero-order chi connectivity index (χ0) is 17.1. The molecule has 0 atom stereocenters. The molecule has 122 valence electrons. The average molecular weight is 344 g/mol. The Morgan fingerprint density at radius 2 is 2.08 bits per heavy atom. The first-order chi connectivity index (χ1) is 11.5. The molecule has 0 aliphatic heterocycles. The molecular weight excluding hydrogens is 330 g/mol. The molecule has 3 aromatic rings. The molecule has 0 spiro atoms. The summed E-state index contributed by atoms with van der Waals surface area (Å²) in [6.45, 7) is 2.26. The van der Waals surface area contributed by atoms with E-state index in [-0.39, 0.29) is 5.56 Å². The topological polar surface area (TPSA) is 77.2 Å². The van der Waals surface area contributed by atoms with Crippen molar-refractivity contribution < 1.29 is 14.6 Å². The molecule has 2 heterocycles. The van der Waals surface area contributed by atoms with Crippen LogP contribution in [-0.2, 0) is 6.61 Å². The lowest BCUT2D eigenvalue weighted by Crippen LogP contribution is -2.06. The normalized spacial score (nSPS) is 10.6. The van der Waals surface area contributed by atoms with Crippen LogP contribution in [-0.4, -0.2) is 25.8 Å². The summed E-state index contributed by atoms with van der Waals surface area (Å²) in [4.78, 5) is 15.2. The van der Waals surface area contributed by atoms with Gasteiger partial charge in [0.05, 0.1) is 11.8 Å². The minimum absolute atomic E-state index is 0.134. The molecule has 0 bridgehead atoms. The fourth-order valence-electron chi connectivity index (χ4n) is 2.19. The van der Waals surface area contributed by atoms with Crippen molar-refractivity contribution in [1.82, 2.24) is 14.8 Å². The zero-order valence-corrected chi connectivity index (χ0v) is 13.6. The van der Waals surface area contributed by atoms with Crippen molar-refractivity contribution in [3.63, 3.8) is 0 Å². The Labute approximate surface area is 143 Å². The lowest BCUT2D eigenvalue weighted by Gasteiger charge is -2.10. The largest absolute Gasteiger partial charge is 0.478 e. The molecule has 0 aliphatic rings. The third-order valence-corrected chi connectivity index (χ3v) is 3.85. The summed E-state index contributed by atoms with van der Waals surface area (Å²) in [5.74, 6) is -0.176. The number of rotatable bonds is 5. The van der Waals surface area contributed by atoms with Crippen molar-refractivity contribution in [2.45, 2.75) is 13.5 Å². The highest BCUT2D eigenvalue weighted by atomic mass is 35.5. The van der Waals surface area contributed by atoms with Crippen molar-refractivity contribution in [2.75, 3.05) is 0 Å². The van der Waals surface area contributed by atoms with E-state index in [4.69, 9.17) is 21.4 Å². The van der Waals surface area contributed by atoms with Crippen molar-refractivity contribution in [1.29, 1.82) is 0 Å². The Morgan fingerprint density at radius 1 is 1.25 bits per heavy atom. The Balaban J connectivity index is 1.81. The van der Waals surface area contributed by atoms with Gasteiger partial charge < -0.3 is 9.84 Å². The summed E-state index contributed by atoms with van der Waals surface area (Å²) in [6, 6.07) is 10.2. The van der Waals surface area contributed by atoms with Crippen LogP contribution in [0.25, 0.3) is 5.82 Å². The first kappa shape index (κ1) is 16.0. The Hall–Kier alpha value is -2.86. The Bertz CT molecular complexity index is 892. The van der Waals surface area contributed by atoms with Gasteiger partial charge in [-0.05, 0) is 36.2 Å². The number of aromatic carboxylic acids is 1. The fourth-order valence-corrected chi connectivity index (χ4v) is 2.31. The van der Waals surface area contributed by atoms with Gasteiger partial charge in [-0.2, -0.15) is 9.78 Å². The van der Waals surface area contributed by atoms with Gasteiger partial charge in [0, 0.05) is 17.3 Å². The second-order valence-corrected chi connectivity index (χ2v) is 5.57. The Morgan fingerprint density at radius 3 is 2.83 bits per heavy atom. The second kappa shape index (κ2) is 6.72. The third kappa shape index (κ3) is 3.38. The smallest absolute Gasteiger partial charge is 0.335 e. The van der Waals surface area contributed by atoms with Crippen LogP contribution < -0.4 is 4.74 Å². The maximum Gasteiger partial charge on any atom is 0.335 e. The Kier molecular flexibility index (Phi) is 4.48. The number of aryl methyl sites for hydroxylation is 1. The van der Waals surface area contributed by atoms with Crippen molar-refractivity contribution in [3.05, 3.63) is 70.5 Å². The van der Waals surface area contributed by atoms with Crippen LogP contribution in [0.15, 0.2) is 48.8 Å². The molecule has 0 aliphatic carbocycles.